The van der Waals surface area contributed by atoms with Crippen molar-refractivity contribution < 1.29 is 19.4 Å². The van der Waals surface area contributed by atoms with Crippen molar-refractivity contribution in [3.63, 3.8) is 0 Å². The Kier molecular flexibility index (Phi) is 7.83. The van der Waals surface area contributed by atoms with Crippen LogP contribution < -0.4 is 5.32 Å². The Hall–Kier alpha value is -1.10. The molecule has 0 aromatic heterocycles. The molecular weight excluding hydrogens is 186 g/mol. The van der Waals surface area contributed by atoms with E-state index in [1.807, 2.05) is 6.92 Å². The summed E-state index contributed by atoms with van der Waals surface area (Å²) in [5.41, 5.74) is 0. The number of amides is 1. The molecule has 5 heteroatoms. The van der Waals surface area contributed by atoms with Crippen LogP contribution >= 0.6 is 0 Å². The second-order valence-electron chi connectivity index (χ2n) is 2.79. The molecule has 14 heavy (non-hydrogen) atoms. The highest BCUT2D eigenvalue weighted by Crippen LogP contribution is 1.87. The highest BCUT2D eigenvalue weighted by molar-refractivity contribution is 5.76. The van der Waals surface area contributed by atoms with Gasteiger partial charge in [-0.3, -0.25) is 9.59 Å². The van der Waals surface area contributed by atoms with Gasteiger partial charge in [-0.05, 0) is 13.3 Å². The van der Waals surface area contributed by atoms with E-state index in [1.165, 1.54) is 0 Å². The number of carboxylic acid groups (broad SMARTS) is 1. The normalized spacial score (nSPS) is 9.79. The van der Waals surface area contributed by atoms with Crippen LogP contribution in [0, 0.1) is 0 Å². The Labute approximate surface area is 83.4 Å². The van der Waals surface area contributed by atoms with Crippen LogP contribution in [0.1, 0.15) is 26.2 Å². The number of aliphatic carboxylic acids is 1. The van der Waals surface area contributed by atoms with Crippen LogP contribution in [0.2, 0.25) is 0 Å². The van der Waals surface area contributed by atoms with Crippen molar-refractivity contribution in [2.75, 3.05) is 19.8 Å². The molecule has 0 rings (SSSR count). The summed E-state index contributed by atoms with van der Waals surface area (Å²) in [5.74, 6) is -0.933. The van der Waals surface area contributed by atoms with Gasteiger partial charge in [0.05, 0.1) is 6.61 Å². The third kappa shape index (κ3) is 8.99. The quantitative estimate of drug-likeness (QED) is 0.560. The van der Waals surface area contributed by atoms with Crippen LogP contribution in [0.4, 0.5) is 0 Å². The fraction of sp³-hybridized carbons (Fsp3) is 0.778. The summed E-state index contributed by atoms with van der Waals surface area (Å²) >= 11 is 0. The molecule has 0 bridgehead atoms. The molecule has 0 fully saturated rings. The lowest BCUT2D eigenvalue weighted by Crippen LogP contribution is -2.25. The molecule has 0 radical (unpaired) electrons. The number of hydrogen-bond acceptors (Lipinski definition) is 3. The SMILES string of the molecule is CCOCCC(=O)NCCCC(=O)O. The van der Waals surface area contributed by atoms with Gasteiger partial charge in [0.25, 0.3) is 0 Å². The second-order valence-corrected chi connectivity index (χ2v) is 2.79. The molecule has 0 spiro atoms. The molecule has 0 aliphatic heterocycles. The maximum absolute atomic E-state index is 11.0. The first-order chi connectivity index (χ1) is 6.66. The van der Waals surface area contributed by atoms with E-state index in [-0.39, 0.29) is 12.3 Å². The Balaban J connectivity index is 3.22. The van der Waals surface area contributed by atoms with E-state index in [0.717, 1.165) is 0 Å². The summed E-state index contributed by atoms with van der Waals surface area (Å²) in [6.07, 6.45) is 0.891. The Morgan fingerprint density at radius 2 is 2.07 bits per heavy atom. The van der Waals surface area contributed by atoms with Gasteiger partial charge in [-0.15, -0.1) is 0 Å². The molecule has 5 nitrogen and oxygen atoms in total. The van der Waals surface area contributed by atoms with Gasteiger partial charge in [0.1, 0.15) is 0 Å². The topological polar surface area (TPSA) is 75.6 Å². The van der Waals surface area contributed by atoms with E-state index in [2.05, 4.69) is 5.32 Å². The molecule has 0 unspecified atom stereocenters. The zero-order chi connectivity index (χ0) is 10.8. The van der Waals surface area contributed by atoms with Crippen molar-refractivity contribution in [3.05, 3.63) is 0 Å². The summed E-state index contributed by atoms with van der Waals surface area (Å²) in [7, 11) is 0. The Morgan fingerprint density at radius 3 is 2.64 bits per heavy atom. The fourth-order valence-corrected chi connectivity index (χ4v) is 0.865. The Bertz CT molecular complexity index is 182. The third-order valence-electron chi connectivity index (χ3n) is 1.57. The monoisotopic (exact) mass is 203 g/mol. The van der Waals surface area contributed by atoms with Gasteiger partial charge in [0.15, 0.2) is 0 Å². The van der Waals surface area contributed by atoms with Crippen LogP contribution in [0.3, 0.4) is 0 Å². The van der Waals surface area contributed by atoms with E-state index in [1.54, 1.807) is 0 Å². The molecule has 0 atom stereocenters. The first-order valence-electron chi connectivity index (χ1n) is 4.73. The maximum atomic E-state index is 11.0. The average Bonchev–Trinajstić information content (AvgIpc) is 2.13. The predicted octanol–water partition coefficient (Wildman–Crippen LogP) is 0.394. The highest BCUT2D eigenvalue weighted by atomic mass is 16.5. The number of hydrogen-bond donors (Lipinski definition) is 2. The van der Waals surface area contributed by atoms with Crippen molar-refractivity contribution in [1.29, 1.82) is 0 Å². The Morgan fingerprint density at radius 1 is 1.36 bits per heavy atom. The minimum absolute atomic E-state index is 0.0890. The number of carbonyl (C=O) groups is 2. The lowest BCUT2D eigenvalue weighted by Gasteiger charge is -2.03. The van der Waals surface area contributed by atoms with E-state index >= 15 is 0 Å². The standard InChI is InChI=1S/C9H17NO4/c1-2-14-7-5-8(11)10-6-3-4-9(12)13/h2-7H2,1H3,(H,10,11)(H,12,13). The molecule has 0 aromatic carbocycles. The van der Waals surface area contributed by atoms with Gasteiger partial charge in [0.2, 0.25) is 5.91 Å². The average molecular weight is 203 g/mol. The highest BCUT2D eigenvalue weighted by Gasteiger charge is 2.01. The smallest absolute Gasteiger partial charge is 0.303 e. The summed E-state index contributed by atoms with van der Waals surface area (Å²) in [6, 6.07) is 0. The zero-order valence-corrected chi connectivity index (χ0v) is 8.41. The van der Waals surface area contributed by atoms with Gasteiger partial charge < -0.3 is 15.2 Å². The summed E-state index contributed by atoms with van der Waals surface area (Å²) in [6.45, 7) is 3.30. The molecule has 82 valence electrons. The minimum Gasteiger partial charge on any atom is -0.481 e. The van der Waals surface area contributed by atoms with Crippen LogP contribution in [0.25, 0.3) is 0 Å². The van der Waals surface area contributed by atoms with E-state index in [9.17, 15) is 9.59 Å². The molecule has 0 heterocycles. The zero-order valence-electron chi connectivity index (χ0n) is 8.41. The molecule has 0 aliphatic carbocycles. The number of rotatable bonds is 8. The van der Waals surface area contributed by atoms with Crippen molar-refractivity contribution in [3.8, 4) is 0 Å². The first kappa shape index (κ1) is 12.9. The molecule has 0 saturated carbocycles. The number of carbonyl (C=O) groups excluding carboxylic acids is 1. The second kappa shape index (κ2) is 8.50. The van der Waals surface area contributed by atoms with Gasteiger partial charge in [-0.2, -0.15) is 0 Å². The lowest BCUT2D eigenvalue weighted by atomic mass is 10.3. The van der Waals surface area contributed by atoms with Crippen molar-refractivity contribution in [1.82, 2.24) is 5.32 Å². The van der Waals surface area contributed by atoms with Crippen molar-refractivity contribution >= 4 is 11.9 Å². The largest absolute Gasteiger partial charge is 0.481 e. The van der Waals surface area contributed by atoms with Crippen LogP contribution in [-0.4, -0.2) is 36.7 Å². The van der Waals surface area contributed by atoms with Crippen LogP contribution in [-0.2, 0) is 14.3 Å². The summed E-state index contributed by atoms with van der Waals surface area (Å²) < 4.78 is 4.99. The molecule has 0 aromatic rings. The van der Waals surface area contributed by atoms with Crippen molar-refractivity contribution in [2.24, 2.45) is 0 Å². The van der Waals surface area contributed by atoms with E-state index in [0.29, 0.717) is 32.6 Å². The van der Waals surface area contributed by atoms with Gasteiger partial charge >= 0.3 is 5.97 Å². The van der Waals surface area contributed by atoms with E-state index < -0.39 is 5.97 Å². The number of nitrogens with one attached hydrogen (secondary N) is 1. The number of ether oxygens (including phenoxy) is 1. The van der Waals surface area contributed by atoms with Gasteiger partial charge in [-0.1, -0.05) is 0 Å². The van der Waals surface area contributed by atoms with Crippen molar-refractivity contribution in [2.45, 2.75) is 26.2 Å². The summed E-state index contributed by atoms with van der Waals surface area (Å²) in [5, 5.41) is 10.9. The van der Waals surface area contributed by atoms with Gasteiger partial charge in [-0.25, -0.2) is 0 Å². The summed E-state index contributed by atoms with van der Waals surface area (Å²) in [4.78, 5) is 21.1. The van der Waals surface area contributed by atoms with E-state index in [4.69, 9.17) is 9.84 Å². The van der Waals surface area contributed by atoms with Gasteiger partial charge in [0, 0.05) is 26.0 Å². The maximum Gasteiger partial charge on any atom is 0.303 e. The third-order valence-corrected chi connectivity index (χ3v) is 1.57. The molecule has 0 aliphatic rings. The minimum atomic E-state index is -0.839. The molecule has 2 N–H and O–H groups in total. The van der Waals surface area contributed by atoms with Crippen LogP contribution in [0.5, 0.6) is 0 Å². The number of carboxylic acids is 1. The predicted molar refractivity (Wildman–Crippen MR) is 51.0 cm³/mol. The first-order valence-corrected chi connectivity index (χ1v) is 4.73. The molecular formula is C9H17NO4. The molecule has 1 amide bonds. The molecule has 0 saturated heterocycles. The van der Waals surface area contributed by atoms with Crippen LogP contribution in [0.15, 0.2) is 0 Å². The fourth-order valence-electron chi connectivity index (χ4n) is 0.865. The lowest BCUT2D eigenvalue weighted by molar-refractivity contribution is -0.137.